The Morgan fingerprint density at radius 1 is 1.29 bits per heavy atom. The third-order valence-electron chi connectivity index (χ3n) is 3.61. The first-order valence-corrected chi connectivity index (χ1v) is 8.93. The van der Waals surface area contributed by atoms with Crippen LogP contribution in [0, 0.1) is 0 Å². The van der Waals surface area contributed by atoms with Crippen molar-refractivity contribution in [1.82, 2.24) is 9.21 Å². The molecule has 8 heteroatoms. The van der Waals surface area contributed by atoms with E-state index in [-0.39, 0.29) is 17.3 Å². The fourth-order valence-electron chi connectivity index (χ4n) is 2.38. The van der Waals surface area contributed by atoms with Gasteiger partial charge in [0.25, 0.3) is 0 Å². The summed E-state index contributed by atoms with van der Waals surface area (Å²) in [6.45, 7) is 3.87. The molecule has 0 saturated carbocycles. The minimum absolute atomic E-state index is 0.115. The van der Waals surface area contributed by atoms with Crippen LogP contribution in [0.3, 0.4) is 0 Å². The molecular formula is C13H16BrClN2O3S. The molecule has 0 aromatic heterocycles. The Morgan fingerprint density at radius 2 is 1.90 bits per heavy atom. The summed E-state index contributed by atoms with van der Waals surface area (Å²) in [4.78, 5) is 13.9. The van der Waals surface area contributed by atoms with Crippen LogP contribution in [0.2, 0.25) is 5.02 Å². The summed E-state index contributed by atoms with van der Waals surface area (Å²) < 4.78 is 27.4. The number of benzene rings is 1. The standard InChI is InChI=1S/C13H16BrClN2O3S/c1-13(2)12(18)16(3)6-7-17(13)21(19,20)9-4-5-11(15)10(14)8-9/h4-5,8H,6-7H2,1-3H3. The van der Waals surface area contributed by atoms with Gasteiger partial charge in [-0.2, -0.15) is 4.31 Å². The number of rotatable bonds is 2. The average molecular weight is 396 g/mol. The molecule has 2 rings (SSSR count). The maximum atomic E-state index is 12.8. The Balaban J connectivity index is 2.48. The molecule has 1 aliphatic heterocycles. The van der Waals surface area contributed by atoms with E-state index in [1.807, 2.05) is 0 Å². The molecule has 1 saturated heterocycles. The van der Waals surface area contributed by atoms with Gasteiger partial charge in [0.1, 0.15) is 5.54 Å². The molecule has 21 heavy (non-hydrogen) atoms. The van der Waals surface area contributed by atoms with E-state index in [0.29, 0.717) is 16.0 Å². The monoisotopic (exact) mass is 394 g/mol. The predicted octanol–water partition coefficient (Wildman–Crippen LogP) is 2.34. The molecule has 0 N–H and O–H groups in total. The second-order valence-corrected chi connectivity index (χ2v) is 8.56. The van der Waals surface area contributed by atoms with E-state index >= 15 is 0 Å². The van der Waals surface area contributed by atoms with Gasteiger partial charge in [0.15, 0.2) is 0 Å². The van der Waals surface area contributed by atoms with Crippen molar-refractivity contribution < 1.29 is 13.2 Å². The number of hydrogen-bond donors (Lipinski definition) is 0. The van der Waals surface area contributed by atoms with Gasteiger partial charge in [-0.25, -0.2) is 8.42 Å². The van der Waals surface area contributed by atoms with Gasteiger partial charge in [0.05, 0.1) is 9.92 Å². The topological polar surface area (TPSA) is 57.7 Å². The molecule has 0 radical (unpaired) electrons. The van der Waals surface area contributed by atoms with Crippen LogP contribution in [-0.4, -0.2) is 49.2 Å². The van der Waals surface area contributed by atoms with E-state index in [1.165, 1.54) is 22.5 Å². The molecule has 1 fully saturated rings. The molecule has 1 aromatic carbocycles. The van der Waals surface area contributed by atoms with E-state index in [2.05, 4.69) is 15.9 Å². The van der Waals surface area contributed by atoms with Crippen molar-refractivity contribution in [2.75, 3.05) is 20.1 Å². The SMILES string of the molecule is CN1CCN(S(=O)(=O)c2ccc(Cl)c(Br)c2)C(C)(C)C1=O. The number of halogens is 2. The van der Waals surface area contributed by atoms with Gasteiger partial charge in [0, 0.05) is 24.6 Å². The zero-order valence-corrected chi connectivity index (χ0v) is 15.1. The third-order valence-corrected chi connectivity index (χ3v) is 6.89. The lowest BCUT2D eigenvalue weighted by Gasteiger charge is -2.43. The molecule has 116 valence electrons. The lowest BCUT2D eigenvalue weighted by atomic mass is 10.0. The Labute approximate surface area is 138 Å². The molecule has 0 bridgehead atoms. The quantitative estimate of drug-likeness (QED) is 0.772. The van der Waals surface area contributed by atoms with Crippen molar-refractivity contribution in [3.63, 3.8) is 0 Å². The summed E-state index contributed by atoms with van der Waals surface area (Å²) in [6, 6.07) is 4.42. The molecule has 1 heterocycles. The summed E-state index contributed by atoms with van der Waals surface area (Å²) in [5.74, 6) is -0.217. The summed E-state index contributed by atoms with van der Waals surface area (Å²) in [5, 5.41) is 0.433. The highest BCUT2D eigenvalue weighted by molar-refractivity contribution is 9.10. The molecule has 1 amide bonds. The van der Waals surface area contributed by atoms with Crippen molar-refractivity contribution in [3.05, 3.63) is 27.7 Å². The molecule has 5 nitrogen and oxygen atoms in total. The maximum Gasteiger partial charge on any atom is 0.244 e. The summed E-state index contributed by atoms with van der Waals surface area (Å²) in [7, 11) is -2.09. The Morgan fingerprint density at radius 3 is 2.48 bits per heavy atom. The highest BCUT2D eigenvalue weighted by Crippen LogP contribution is 2.32. The van der Waals surface area contributed by atoms with Gasteiger partial charge in [0.2, 0.25) is 15.9 Å². The van der Waals surface area contributed by atoms with Crippen LogP contribution in [0.1, 0.15) is 13.8 Å². The third kappa shape index (κ3) is 2.84. The lowest BCUT2D eigenvalue weighted by molar-refractivity contribution is -0.142. The fraction of sp³-hybridized carbons (Fsp3) is 0.462. The smallest absolute Gasteiger partial charge is 0.244 e. The Kier molecular flexibility index (Phi) is 4.41. The van der Waals surface area contributed by atoms with Gasteiger partial charge in [-0.1, -0.05) is 11.6 Å². The van der Waals surface area contributed by atoms with E-state index in [1.54, 1.807) is 25.8 Å². The zero-order valence-electron chi connectivity index (χ0n) is 11.9. The van der Waals surface area contributed by atoms with Gasteiger partial charge in [-0.3, -0.25) is 4.79 Å². The van der Waals surface area contributed by atoms with Crippen LogP contribution in [-0.2, 0) is 14.8 Å². The van der Waals surface area contributed by atoms with Crippen molar-refractivity contribution in [2.45, 2.75) is 24.3 Å². The number of carbonyl (C=O) groups is 1. The number of nitrogens with zero attached hydrogens (tertiary/aromatic N) is 2. The summed E-state index contributed by atoms with van der Waals surface area (Å²) in [6.07, 6.45) is 0. The van der Waals surface area contributed by atoms with E-state index in [0.717, 1.165) is 0 Å². The number of amides is 1. The number of sulfonamides is 1. The normalized spacial score (nSPS) is 19.9. The van der Waals surface area contributed by atoms with Crippen molar-refractivity contribution in [2.24, 2.45) is 0 Å². The van der Waals surface area contributed by atoms with Crippen LogP contribution in [0.4, 0.5) is 0 Å². The molecule has 0 unspecified atom stereocenters. The predicted molar refractivity (Wildman–Crippen MR) is 84.8 cm³/mol. The van der Waals surface area contributed by atoms with Crippen LogP contribution in [0.15, 0.2) is 27.6 Å². The Bertz CT molecular complexity index is 691. The van der Waals surface area contributed by atoms with Crippen molar-refractivity contribution >= 4 is 43.5 Å². The van der Waals surface area contributed by atoms with E-state index in [9.17, 15) is 13.2 Å². The molecular weight excluding hydrogens is 380 g/mol. The molecule has 0 atom stereocenters. The largest absolute Gasteiger partial charge is 0.343 e. The number of likely N-dealkylation sites (N-methyl/N-ethyl adjacent to an activating group) is 1. The number of piperazine rings is 1. The second-order valence-electron chi connectivity index (χ2n) is 5.44. The summed E-state index contributed by atoms with van der Waals surface area (Å²) in [5.41, 5.74) is -1.11. The van der Waals surface area contributed by atoms with E-state index < -0.39 is 15.6 Å². The minimum atomic E-state index is -3.77. The van der Waals surface area contributed by atoms with Crippen LogP contribution in [0.5, 0.6) is 0 Å². The highest BCUT2D eigenvalue weighted by atomic mass is 79.9. The minimum Gasteiger partial charge on any atom is -0.343 e. The fourth-order valence-corrected chi connectivity index (χ4v) is 4.79. The van der Waals surface area contributed by atoms with Crippen molar-refractivity contribution in [1.29, 1.82) is 0 Å². The van der Waals surface area contributed by atoms with Crippen LogP contribution < -0.4 is 0 Å². The first kappa shape index (κ1) is 16.7. The summed E-state index contributed by atoms with van der Waals surface area (Å²) >= 11 is 9.12. The maximum absolute atomic E-state index is 12.8. The molecule has 1 aromatic rings. The van der Waals surface area contributed by atoms with Crippen LogP contribution in [0.25, 0.3) is 0 Å². The number of carbonyl (C=O) groups excluding carboxylic acids is 1. The lowest BCUT2D eigenvalue weighted by Crippen LogP contribution is -2.63. The second kappa shape index (κ2) is 5.53. The highest BCUT2D eigenvalue weighted by Gasteiger charge is 2.46. The first-order chi connectivity index (χ1) is 9.58. The molecule has 0 aliphatic carbocycles. The van der Waals surface area contributed by atoms with Crippen LogP contribution >= 0.6 is 27.5 Å². The number of hydrogen-bond acceptors (Lipinski definition) is 3. The van der Waals surface area contributed by atoms with Gasteiger partial charge >= 0.3 is 0 Å². The van der Waals surface area contributed by atoms with Gasteiger partial charge < -0.3 is 4.90 Å². The molecule has 0 spiro atoms. The average Bonchev–Trinajstić information content (AvgIpc) is 2.38. The first-order valence-electron chi connectivity index (χ1n) is 6.32. The van der Waals surface area contributed by atoms with E-state index in [4.69, 9.17) is 11.6 Å². The van der Waals surface area contributed by atoms with Gasteiger partial charge in [-0.05, 0) is 48.0 Å². The Hall–Kier alpha value is -0.630. The van der Waals surface area contributed by atoms with Crippen molar-refractivity contribution in [3.8, 4) is 0 Å². The molecule has 1 aliphatic rings. The van der Waals surface area contributed by atoms with Gasteiger partial charge in [-0.15, -0.1) is 0 Å². The zero-order chi connectivity index (χ0) is 16.0.